The van der Waals surface area contributed by atoms with Crippen molar-refractivity contribution < 1.29 is 18.3 Å². The Morgan fingerprint density at radius 1 is 1.24 bits per heavy atom. The summed E-state index contributed by atoms with van der Waals surface area (Å²) in [6, 6.07) is 6.85. The molecule has 5 nitrogen and oxygen atoms in total. The molecule has 1 atom stereocenters. The molecular formula is C15H19NO4S. The normalized spacial score (nSPS) is 23.9. The zero-order valence-electron chi connectivity index (χ0n) is 11.7. The molecule has 114 valence electrons. The summed E-state index contributed by atoms with van der Waals surface area (Å²) in [6.07, 6.45) is 3.28. The van der Waals surface area contributed by atoms with Crippen molar-refractivity contribution in [2.75, 3.05) is 13.1 Å². The third kappa shape index (κ3) is 2.96. The van der Waals surface area contributed by atoms with Gasteiger partial charge in [-0.15, -0.1) is 0 Å². The second-order valence-corrected chi connectivity index (χ2v) is 8.09. The number of sulfonamides is 1. The first-order chi connectivity index (χ1) is 9.98. The van der Waals surface area contributed by atoms with Crippen LogP contribution in [0.2, 0.25) is 0 Å². The van der Waals surface area contributed by atoms with Gasteiger partial charge in [0, 0.05) is 13.1 Å². The first kappa shape index (κ1) is 14.5. The molecule has 1 aromatic rings. The van der Waals surface area contributed by atoms with E-state index < -0.39 is 16.0 Å². The maximum Gasteiger partial charge on any atom is 0.335 e. The molecule has 0 spiro atoms. The van der Waals surface area contributed by atoms with E-state index >= 15 is 0 Å². The number of nitrogens with zero attached hydrogens (tertiary/aromatic N) is 1. The van der Waals surface area contributed by atoms with Crippen LogP contribution in [0, 0.1) is 0 Å². The molecule has 21 heavy (non-hydrogen) atoms. The van der Waals surface area contributed by atoms with Gasteiger partial charge in [-0.1, -0.05) is 12.1 Å². The molecule has 3 rings (SSSR count). The number of carboxylic acids is 1. The molecule has 1 heterocycles. The average Bonchev–Trinajstić information content (AvgIpc) is 3.32. The lowest BCUT2D eigenvalue weighted by Crippen LogP contribution is -2.40. The van der Waals surface area contributed by atoms with Gasteiger partial charge in [-0.05, 0) is 49.3 Å². The van der Waals surface area contributed by atoms with Gasteiger partial charge in [0.05, 0.1) is 10.8 Å². The summed E-state index contributed by atoms with van der Waals surface area (Å²) in [4.78, 5) is 11.1. The van der Waals surface area contributed by atoms with Crippen LogP contribution < -0.4 is 0 Å². The number of benzene rings is 1. The molecule has 1 aromatic carbocycles. The summed E-state index contributed by atoms with van der Waals surface area (Å²) in [5.41, 5.74) is 1.18. The lowest BCUT2D eigenvalue weighted by atomic mass is 9.91. The third-order valence-electron chi connectivity index (χ3n) is 4.29. The van der Waals surface area contributed by atoms with Crippen molar-refractivity contribution in [2.24, 2.45) is 0 Å². The maximum atomic E-state index is 12.3. The molecule has 1 aliphatic heterocycles. The van der Waals surface area contributed by atoms with Crippen molar-refractivity contribution in [1.29, 1.82) is 0 Å². The van der Waals surface area contributed by atoms with Crippen molar-refractivity contribution in [1.82, 2.24) is 4.31 Å². The van der Waals surface area contributed by atoms with Crippen LogP contribution in [0.15, 0.2) is 24.3 Å². The smallest absolute Gasteiger partial charge is 0.335 e. The molecular weight excluding hydrogens is 290 g/mol. The fourth-order valence-corrected chi connectivity index (χ4v) is 4.87. The molecule has 2 aliphatic rings. The van der Waals surface area contributed by atoms with Crippen molar-refractivity contribution in [3.8, 4) is 0 Å². The lowest BCUT2D eigenvalue weighted by molar-refractivity contribution is 0.0696. The first-order valence-corrected chi connectivity index (χ1v) is 8.81. The highest BCUT2D eigenvalue weighted by molar-refractivity contribution is 7.90. The van der Waals surface area contributed by atoms with E-state index in [0.717, 1.165) is 31.2 Å². The Balaban J connectivity index is 1.80. The Morgan fingerprint density at radius 3 is 2.67 bits per heavy atom. The van der Waals surface area contributed by atoms with Crippen LogP contribution in [-0.4, -0.2) is 42.1 Å². The van der Waals surface area contributed by atoms with Gasteiger partial charge in [0.2, 0.25) is 10.0 Å². The summed E-state index contributed by atoms with van der Waals surface area (Å²) < 4.78 is 26.3. The van der Waals surface area contributed by atoms with Gasteiger partial charge in [0.25, 0.3) is 0 Å². The highest BCUT2D eigenvalue weighted by Crippen LogP contribution is 2.35. The maximum absolute atomic E-state index is 12.3. The summed E-state index contributed by atoms with van der Waals surface area (Å²) in [7, 11) is -3.14. The molecule has 1 unspecified atom stereocenters. The minimum atomic E-state index is -3.14. The Bertz CT molecular complexity index is 651. The zero-order chi connectivity index (χ0) is 15.0. The number of carboxylic acid groups (broad SMARTS) is 1. The van der Waals surface area contributed by atoms with E-state index in [9.17, 15) is 13.2 Å². The molecule has 0 aromatic heterocycles. The van der Waals surface area contributed by atoms with Crippen molar-refractivity contribution in [3.05, 3.63) is 35.4 Å². The Kier molecular flexibility index (Phi) is 3.75. The Morgan fingerprint density at radius 2 is 2.00 bits per heavy atom. The van der Waals surface area contributed by atoms with Gasteiger partial charge < -0.3 is 5.11 Å². The van der Waals surface area contributed by atoms with Gasteiger partial charge in [0.15, 0.2) is 0 Å². The zero-order valence-corrected chi connectivity index (χ0v) is 12.6. The summed E-state index contributed by atoms with van der Waals surface area (Å²) >= 11 is 0. The van der Waals surface area contributed by atoms with Gasteiger partial charge >= 0.3 is 5.97 Å². The molecule has 0 amide bonds. The van der Waals surface area contributed by atoms with E-state index in [1.165, 1.54) is 0 Å². The van der Waals surface area contributed by atoms with Crippen molar-refractivity contribution >= 4 is 16.0 Å². The van der Waals surface area contributed by atoms with E-state index in [1.54, 1.807) is 22.5 Å². The molecule has 0 radical (unpaired) electrons. The second kappa shape index (κ2) is 5.42. The molecule has 0 bridgehead atoms. The number of hydrogen-bond donors (Lipinski definition) is 1. The number of piperidine rings is 1. The van der Waals surface area contributed by atoms with E-state index in [-0.39, 0.29) is 16.7 Å². The van der Waals surface area contributed by atoms with E-state index in [0.29, 0.717) is 13.1 Å². The van der Waals surface area contributed by atoms with Crippen molar-refractivity contribution in [2.45, 2.75) is 36.9 Å². The quantitative estimate of drug-likeness (QED) is 0.924. The van der Waals surface area contributed by atoms with E-state index in [1.807, 2.05) is 6.07 Å². The van der Waals surface area contributed by atoms with E-state index in [4.69, 9.17) is 5.11 Å². The minimum absolute atomic E-state index is 0.0894. The predicted molar refractivity (Wildman–Crippen MR) is 78.9 cm³/mol. The first-order valence-electron chi connectivity index (χ1n) is 7.30. The molecule has 1 saturated heterocycles. The summed E-state index contributed by atoms with van der Waals surface area (Å²) in [5, 5.41) is 8.88. The standard InChI is InChI=1S/C15H19NO4S/c17-15(18)12-4-1-3-11(9-12)13-5-2-8-16(10-13)21(19,20)14-6-7-14/h1,3-4,9,13-14H,2,5-8,10H2,(H,17,18). The van der Waals surface area contributed by atoms with Crippen LogP contribution in [0.1, 0.15) is 47.5 Å². The number of hydrogen-bond acceptors (Lipinski definition) is 3. The van der Waals surface area contributed by atoms with Gasteiger partial charge in [0.1, 0.15) is 0 Å². The molecule has 1 saturated carbocycles. The largest absolute Gasteiger partial charge is 0.478 e. The second-order valence-electron chi connectivity index (χ2n) is 5.87. The van der Waals surface area contributed by atoms with Gasteiger partial charge in [-0.3, -0.25) is 0 Å². The predicted octanol–water partition coefficient (Wildman–Crippen LogP) is 2.06. The lowest BCUT2D eigenvalue weighted by Gasteiger charge is -2.32. The monoisotopic (exact) mass is 309 g/mol. The van der Waals surface area contributed by atoms with Crippen LogP contribution in [0.25, 0.3) is 0 Å². The molecule has 1 N–H and O–H groups in total. The van der Waals surface area contributed by atoms with Crippen LogP contribution in [0.3, 0.4) is 0 Å². The van der Waals surface area contributed by atoms with Gasteiger partial charge in [-0.25, -0.2) is 17.5 Å². The van der Waals surface area contributed by atoms with Crippen LogP contribution in [-0.2, 0) is 10.0 Å². The fraction of sp³-hybridized carbons (Fsp3) is 0.533. The van der Waals surface area contributed by atoms with E-state index in [2.05, 4.69) is 0 Å². The third-order valence-corrected chi connectivity index (χ3v) is 6.66. The number of aromatic carboxylic acids is 1. The summed E-state index contributed by atoms with van der Waals surface area (Å²) in [6.45, 7) is 1.07. The average molecular weight is 309 g/mol. The molecule has 1 aliphatic carbocycles. The minimum Gasteiger partial charge on any atom is -0.478 e. The highest BCUT2D eigenvalue weighted by Gasteiger charge is 2.41. The summed E-state index contributed by atoms with van der Waals surface area (Å²) in [5.74, 6) is -0.860. The van der Waals surface area contributed by atoms with Crippen molar-refractivity contribution in [3.63, 3.8) is 0 Å². The Hall–Kier alpha value is -1.40. The van der Waals surface area contributed by atoms with Gasteiger partial charge in [-0.2, -0.15) is 0 Å². The molecule has 6 heteroatoms. The number of rotatable bonds is 4. The number of carbonyl (C=O) groups is 1. The van der Waals surface area contributed by atoms with Crippen LogP contribution in [0.5, 0.6) is 0 Å². The SMILES string of the molecule is O=C(O)c1cccc(C2CCCN(S(=O)(=O)C3CC3)C2)c1. The van der Waals surface area contributed by atoms with Crippen LogP contribution >= 0.6 is 0 Å². The van der Waals surface area contributed by atoms with Crippen LogP contribution in [0.4, 0.5) is 0 Å². The topological polar surface area (TPSA) is 74.7 Å². The Labute approximate surface area is 124 Å². The highest BCUT2D eigenvalue weighted by atomic mass is 32.2. The molecule has 2 fully saturated rings. The fourth-order valence-electron chi connectivity index (χ4n) is 2.95.